The van der Waals surface area contributed by atoms with E-state index in [1.807, 2.05) is 0 Å². The van der Waals surface area contributed by atoms with Crippen molar-refractivity contribution in [2.75, 3.05) is 25.1 Å². The highest BCUT2D eigenvalue weighted by Crippen LogP contribution is 2.30. The van der Waals surface area contributed by atoms with Gasteiger partial charge in [-0.2, -0.15) is 13.2 Å². The maximum Gasteiger partial charge on any atom is 0.417 e. The molecule has 0 aliphatic rings. The first-order valence-corrected chi connectivity index (χ1v) is 9.12. The van der Waals surface area contributed by atoms with Crippen LogP contribution in [0.1, 0.15) is 31.7 Å². The summed E-state index contributed by atoms with van der Waals surface area (Å²) in [7, 11) is 0. The van der Waals surface area contributed by atoms with E-state index in [1.54, 1.807) is 12.1 Å². The average Bonchev–Trinajstić information content (AvgIpc) is 2.61. The fourth-order valence-electron chi connectivity index (χ4n) is 2.41. The van der Waals surface area contributed by atoms with Crippen LogP contribution in [0.4, 0.5) is 18.9 Å². The van der Waals surface area contributed by atoms with Gasteiger partial charge in [0.15, 0.2) is 0 Å². The van der Waals surface area contributed by atoms with Gasteiger partial charge < -0.3 is 10.1 Å². The zero-order chi connectivity index (χ0) is 19.9. The smallest absolute Gasteiger partial charge is 0.385 e. The number of aromatic nitrogens is 1. The highest BCUT2D eigenvalue weighted by atomic mass is 35.5. The number of pyridine rings is 1. The summed E-state index contributed by atoms with van der Waals surface area (Å²) in [6, 6.07) is 6.41. The molecule has 8 heteroatoms. The Morgan fingerprint density at radius 1 is 1.15 bits per heavy atom. The minimum atomic E-state index is -4.54. The number of rotatable bonds is 9. The largest absolute Gasteiger partial charge is 0.417 e. The lowest BCUT2D eigenvalue weighted by molar-refractivity contribution is -0.138. The number of nitrogens with zero attached hydrogens (tertiary/aromatic N) is 1. The minimum Gasteiger partial charge on any atom is -0.385 e. The first-order chi connectivity index (χ1) is 12.8. The third-order valence-electron chi connectivity index (χ3n) is 3.88. The molecule has 27 heavy (non-hydrogen) atoms. The lowest BCUT2D eigenvalue weighted by Crippen LogP contribution is -2.20. The van der Waals surface area contributed by atoms with Gasteiger partial charge in [0.25, 0.3) is 5.56 Å². The lowest BCUT2D eigenvalue weighted by atomic mass is 10.2. The predicted molar refractivity (Wildman–Crippen MR) is 101 cm³/mol. The van der Waals surface area contributed by atoms with E-state index in [9.17, 15) is 18.0 Å². The molecular weight excluding hydrogens is 381 g/mol. The number of alkyl halides is 3. The van der Waals surface area contributed by atoms with Crippen molar-refractivity contribution < 1.29 is 17.9 Å². The maximum atomic E-state index is 12.9. The number of hydrogen-bond acceptors (Lipinski definition) is 3. The Balaban J connectivity index is 2.04. The maximum absolute atomic E-state index is 12.9. The summed E-state index contributed by atoms with van der Waals surface area (Å²) in [5.74, 6) is 0. The molecule has 2 rings (SSSR count). The number of benzene rings is 1. The van der Waals surface area contributed by atoms with Gasteiger partial charge in [-0.1, -0.05) is 24.9 Å². The van der Waals surface area contributed by atoms with Crippen LogP contribution in [0, 0.1) is 0 Å². The first-order valence-electron chi connectivity index (χ1n) is 8.74. The van der Waals surface area contributed by atoms with Crippen molar-refractivity contribution in [1.29, 1.82) is 0 Å². The Labute approximate surface area is 160 Å². The zero-order valence-corrected chi connectivity index (χ0v) is 15.7. The number of anilines is 1. The number of ether oxygens (including phenoxy) is 1. The SMILES string of the molecule is CCCCOCCCNc1ccc(-n2cc(C(F)(F)F)ccc2=O)c(Cl)c1. The van der Waals surface area contributed by atoms with Crippen molar-refractivity contribution >= 4 is 17.3 Å². The van der Waals surface area contributed by atoms with Gasteiger partial charge in [0.05, 0.1) is 16.3 Å². The Bertz CT molecular complexity index is 806. The Kier molecular flexibility index (Phi) is 7.74. The van der Waals surface area contributed by atoms with Gasteiger partial charge in [0.2, 0.25) is 0 Å². The van der Waals surface area contributed by atoms with Crippen LogP contribution >= 0.6 is 11.6 Å². The third-order valence-corrected chi connectivity index (χ3v) is 4.19. The molecule has 0 saturated heterocycles. The Hall–Kier alpha value is -1.99. The molecule has 2 aromatic rings. The highest BCUT2D eigenvalue weighted by Gasteiger charge is 2.31. The van der Waals surface area contributed by atoms with Crippen LogP contribution in [0.15, 0.2) is 41.3 Å². The molecule has 0 aliphatic heterocycles. The number of nitrogens with one attached hydrogen (secondary N) is 1. The topological polar surface area (TPSA) is 43.3 Å². The van der Waals surface area contributed by atoms with Crippen LogP contribution in [0.2, 0.25) is 5.02 Å². The molecular formula is C19H22ClF3N2O2. The molecule has 0 spiro atoms. The predicted octanol–water partition coefficient (Wildman–Crippen LogP) is 5.13. The summed E-state index contributed by atoms with van der Waals surface area (Å²) in [6.07, 6.45) is -0.833. The average molecular weight is 403 g/mol. The second kappa shape index (κ2) is 9.80. The molecule has 4 nitrogen and oxygen atoms in total. The highest BCUT2D eigenvalue weighted by molar-refractivity contribution is 6.32. The van der Waals surface area contributed by atoms with E-state index in [0.29, 0.717) is 13.2 Å². The summed E-state index contributed by atoms with van der Waals surface area (Å²) >= 11 is 6.19. The zero-order valence-electron chi connectivity index (χ0n) is 15.0. The minimum absolute atomic E-state index is 0.181. The molecule has 1 N–H and O–H groups in total. The van der Waals surface area contributed by atoms with Gasteiger partial charge in [-0.15, -0.1) is 0 Å². The number of unbranched alkanes of at least 4 members (excludes halogenated alkanes) is 1. The van der Waals surface area contributed by atoms with Gasteiger partial charge in [0, 0.05) is 37.7 Å². The van der Waals surface area contributed by atoms with E-state index in [-0.39, 0.29) is 10.7 Å². The van der Waals surface area contributed by atoms with Crippen molar-refractivity contribution in [3.05, 3.63) is 57.5 Å². The molecule has 1 aromatic heterocycles. The van der Waals surface area contributed by atoms with Crippen LogP contribution in [-0.4, -0.2) is 24.3 Å². The summed E-state index contributed by atoms with van der Waals surface area (Å²) in [5, 5.41) is 3.35. The molecule has 1 aromatic carbocycles. The molecule has 0 bridgehead atoms. The van der Waals surface area contributed by atoms with Crippen LogP contribution in [-0.2, 0) is 10.9 Å². The normalized spacial score (nSPS) is 11.6. The lowest BCUT2D eigenvalue weighted by Gasteiger charge is -2.13. The van der Waals surface area contributed by atoms with E-state index >= 15 is 0 Å². The monoisotopic (exact) mass is 402 g/mol. The fraction of sp³-hybridized carbons (Fsp3) is 0.421. The summed E-state index contributed by atoms with van der Waals surface area (Å²) in [6.45, 7) is 4.18. The van der Waals surface area contributed by atoms with Crippen LogP contribution < -0.4 is 10.9 Å². The first kappa shape index (κ1) is 21.3. The van der Waals surface area contributed by atoms with Gasteiger partial charge in [-0.05, 0) is 37.1 Å². The number of halogens is 4. The molecule has 0 amide bonds. The Morgan fingerprint density at radius 3 is 2.56 bits per heavy atom. The van der Waals surface area contributed by atoms with E-state index < -0.39 is 17.3 Å². The van der Waals surface area contributed by atoms with Crippen molar-refractivity contribution in [3.63, 3.8) is 0 Å². The van der Waals surface area contributed by atoms with Gasteiger partial charge in [0.1, 0.15) is 0 Å². The molecule has 1 heterocycles. The second-order valence-electron chi connectivity index (χ2n) is 6.04. The van der Waals surface area contributed by atoms with Crippen molar-refractivity contribution in [1.82, 2.24) is 4.57 Å². The van der Waals surface area contributed by atoms with Crippen LogP contribution in [0.25, 0.3) is 5.69 Å². The number of hydrogen-bond donors (Lipinski definition) is 1. The van der Waals surface area contributed by atoms with E-state index in [4.69, 9.17) is 16.3 Å². The third kappa shape index (κ3) is 6.29. The van der Waals surface area contributed by atoms with Crippen molar-refractivity contribution in [2.24, 2.45) is 0 Å². The fourth-order valence-corrected chi connectivity index (χ4v) is 2.68. The molecule has 0 aliphatic carbocycles. The van der Waals surface area contributed by atoms with Crippen molar-refractivity contribution in [3.8, 4) is 5.69 Å². The molecule has 0 fully saturated rings. The van der Waals surface area contributed by atoms with E-state index in [0.717, 1.165) is 54.5 Å². The Morgan fingerprint density at radius 2 is 1.89 bits per heavy atom. The second-order valence-corrected chi connectivity index (χ2v) is 6.44. The molecule has 0 saturated carbocycles. The summed E-state index contributed by atoms with van der Waals surface area (Å²) in [5.41, 5.74) is -0.586. The van der Waals surface area contributed by atoms with Gasteiger partial charge in [-0.3, -0.25) is 9.36 Å². The summed E-state index contributed by atoms with van der Waals surface area (Å²) < 4.78 is 45.0. The van der Waals surface area contributed by atoms with E-state index in [2.05, 4.69) is 12.2 Å². The standard InChI is InChI=1S/C19H22ClF3N2O2/c1-2-3-10-27-11-4-9-24-15-6-7-17(16(20)12-15)25-13-14(19(21,22)23)5-8-18(25)26/h5-8,12-13,24H,2-4,9-11H2,1H3. The van der Waals surface area contributed by atoms with Gasteiger partial charge in [-0.25, -0.2) is 0 Å². The summed E-state index contributed by atoms with van der Waals surface area (Å²) in [4.78, 5) is 12.0. The van der Waals surface area contributed by atoms with Gasteiger partial charge >= 0.3 is 6.18 Å². The van der Waals surface area contributed by atoms with Crippen molar-refractivity contribution in [2.45, 2.75) is 32.4 Å². The van der Waals surface area contributed by atoms with Crippen LogP contribution in [0.3, 0.4) is 0 Å². The van der Waals surface area contributed by atoms with Crippen LogP contribution in [0.5, 0.6) is 0 Å². The quantitative estimate of drug-likeness (QED) is 0.591. The molecule has 0 unspecified atom stereocenters. The molecule has 148 valence electrons. The molecule has 0 atom stereocenters. The molecule has 0 radical (unpaired) electrons. The van der Waals surface area contributed by atoms with E-state index in [1.165, 1.54) is 6.07 Å².